The molecule has 1 heterocycles. The zero-order chi connectivity index (χ0) is 18.4. The molecule has 0 unspecified atom stereocenters. The number of benzene rings is 2. The third kappa shape index (κ3) is 2.99. The fourth-order valence-corrected chi connectivity index (χ4v) is 4.57. The van der Waals surface area contributed by atoms with Gasteiger partial charge in [0.05, 0.1) is 16.3 Å². The largest absolute Gasteiger partial charge is 0.321 e. The lowest BCUT2D eigenvalue weighted by Gasteiger charge is -2.11. The van der Waals surface area contributed by atoms with Gasteiger partial charge in [-0.3, -0.25) is 9.59 Å². The van der Waals surface area contributed by atoms with Gasteiger partial charge in [0.25, 0.3) is 21.8 Å². The molecular weight excluding hydrogens is 387 g/mol. The van der Waals surface area contributed by atoms with Gasteiger partial charge in [0.2, 0.25) is 0 Å². The minimum absolute atomic E-state index is 0.0256. The van der Waals surface area contributed by atoms with Gasteiger partial charge in [-0.05, 0) is 43.3 Å². The Kier molecular flexibility index (Phi) is 4.49. The number of amides is 2. The van der Waals surface area contributed by atoms with Crippen LogP contribution in [0, 0.1) is 0 Å². The third-order valence-corrected chi connectivity index (χ3v) is 6.18. The number of carbonyl (C=O) groups is 2. The molecule has 0 atom stereocenters. The molecule has 0 radical (unpaired) electrons. The van der Waals surface area contributed by atoms with E-state index >= 15 is 0 Å². The number of sulfonamides is 1. The first kappa shape index (κ1) is 17.7. The number of nitrogens with one attached hydrogen (secondary N) is 1. The van der Waals surface area contributed by atoms with E-state index in [4.69, 9.17) is 23.2 Å². The summed E-state index contributed by atoms with van der Waals surface area (Å²) in [6, 6.07) is 8.50. The lowest BCUT2D eigenvalue weighted by molar-refractivity contribution is 0.0875. The molecule has 0 aromatic heterocycles. The molecule has 1 N–H and O–H groups in total. The normalized spacial score (nSPS) is 15.2. The van der Waals surface area contributed by atoms with Crippen LogP contribution in [0.5, 0.6) is 0 Å². The van der Waals surface area contributed by atoms with Crippen LogP contribution >= 0.6 is 23.2 Å². The van der Waals surface area contributed by atoms with Crippen molar-refractivity contribution in [3.8, 4) is 0 Å². The number of rotatable bonds is 3. The van der Waals surface area contributed by atoms with Crippen LogP contribution < -0.4 is 5.32 Å². The first-order valence-corrected chi connectivity index (χ1v) is 9.43. The second kappa shape index (κ2) is 6.33. The summed E-state index contributed by atoms with van der Waals surface area (Å²) in [5, 5.41) is 3.26. The van der Waals surface area contributed by atoms with E-state index in [0.717, 1.165) is 4.31 Å². The molecule has 2 aromatic carbocycles. The van der Waals surface area contributed by atoms with Crippen LogP contribution in [-0.4, -0.2) is 31.1 Å². The van der Waals surface area contributed by atoms with Gasteiger partial charge >= 0.3 is 0 Å². The summed E-state index contributed by atoms with van der Waals surface area (Å²) in [6.07, 6.45) is 0. The second-order valence-corrected chi connectivity index (χ2v) is 7.94. The first-order chi connectivity index (χ1) is 11.8. The zero-order valence-corrected chi connectivity index (χ0v) is 15.2. The zero-order valence-electron chi connectivity index (χ0n) is 12.9. The van der Waals surface area contributed by atoms with Crippen LogP contribution in [0.2, 0.25) is 10.0 Å². The van der Waals surface area contributed by atoms with Crippen LogP contribution in [0.1, 0.15) is 27.6 Å². The van der Waals surface area contributed by atoms with E-state index in [2.05, 4.69) is 5.32 Å². The average molecular weight is 399 g/mol. The molecule has 0 saturated heterocycles. The average Bonchev–Trinajstić information content (AvgIpc) is 2.75. The fourth-order valence-electron chi connectivity index (χ4n) is 2.51. The molecule has 0 saturated carbocycles. The van der Waals surface area contributed by atoms with Crippen LogP contribution in [0.25, 0.3) is 0 Å². The molecule has 2 aromatic rings. The first-order valence-electron chi connectivity index (χ1n) is 7.23. The van der Waals surface area contributed by atoms with Crippen LogP contribution in [-0.2, 0) is 10.0 Å². The smallest absolute Gasteiger partial charge is 0.268 e. The van der Waals surface area contributed by atoms with E-state index in [0.29, 0.717) is 10.7 Å². The molecular formula is C16H12Cl2N2O4S. The quantitative estimate of drug-likeness (QED) is 0.858. The summed E-state index contributed by atoms with van der Waals surface area (Å²) in [7, 11) is -3.93. The van der Waals surface area contributed by atoms with Crippen LogP contribution in [0.3, 0.4) is 0 Å². The number of nitrogens with zero attached hydrogens (tertiary/aromatic N) is 1. The van der Waals surface area contributed by atoms with Crippen molar-refractivity contribution in [3.63, 3.8) is 0 Å². The van der Waals surface area contributed by atoms with Crippen molar-refractivity contribution >= 4 is 50.7 Å². The van der Waals surface area contributed by atoms with Crippen molar-refractivity contribution in [2.45, 2.75) is 11.8 Å². The highest BCUT2D eigenvalue weighted by Gasteiger charge is 2.40. The second-order valence-electron chi connectivity index (χ2n) is 5.26. The highest BCUT2D eigenvalue weighted by atomic mass is 35.5. The van der Waals surface area contributed by atoms with Gasteiger partial charge in [-0.15, -0.1) is 0 Å². The number of hydrogen-bond donors (Lipinski definition) is 1. The highest BCUT2D eigenvalue weighted by molar-refractivity contribution is 7.90. The topological polar surface area (TPSA) is 83.6 Å². The molecule has 1 aliphatic rings. The number of fused-ring (bicyclic) bond motifs is 1. The Hall–Kier alpha value is -2.09. The van der Waals surface area contributed by atoms with Crippen molar-refractivity contribution in [2.24, 2.45) is 0 Å². The SMILES string of the molecule is CCN1C(=O)c2ccc(C(=O)Nc3ccc(Cl)cc3Cl)cc2S1(=O)=O. The van der Waals surface area contributed by atoms with Crippen molar-refractivity contribution < 1.29 is 18.0 Å². The number of anilines is 1. The Morgan fingerprint density at radius 1 is 1.16 bits per heavy atom. The van der Waals surface area contributed by atoms with Crippen molar-refractivity contribution in [3.05, 3.63) is 57.6 Å². The lowest BCUT2D eigenvalue weighted by Crippen LogP contribution is -2.29. The molecule has 1 aliphatic heterocycles. The van der Waals surface area contributed by atoms with E-state index in [1.54, 1.807) is 13.0 Å². The predicted octanol–water partition coefficient (Wildman–Crippen LogP) is 3.41. The maximum Gasteiger partial charge on any atom is 0.268 e. The van der Waals surface area contributed by atoms with Crippen molar-refractivity contribution in [2.75, 3.05) is 11.9 Å². The van der Waals surface area contributed by atoms with Crippen LogP contribution in [0.4, 0.5) is 5.69 Å². The summed E-state index contributed by atoms with van der Waals surface area (Å²) in [5.41, 5.74) is 0.493. The fraction of sp³-hybridized carbons (Fsp3) is 0.125. The summed E-state index contributed by atoms with van der Waals surface area (Å²) in [4.78, 5) is 24.3. The standard InChI is InChI=1S/C16H12Cl2N2O4S/c1-2-20-16(22)11-5-3-9(7-14(11)25(20,23)24)15(21)19-13-6-4-10(17)8-12(13)18/h3-8H,2H2,1H3,(H,19,21). The summed E-state index contributed by atoms with van der Waals surface area (Å²) < 4.78 is 25.5. The number of carbonyl (C=O) groups excluding carboxylic acids is 2. The monoisotopic (exact) mass is 398 g/mol. The van der Waals surface area contributed by atoms with Gasteiger partial charge in [-0.25, -0.2) is 12.7 Å². The number of halogens is 2. The highest BCUT2D eigenvalue weighted by Crippen LogP contribution is 2.31. The molecule has 0 bridgehead atoms. The van der Waals surface area contributed by atoms with E-state index in [1.807, 2.05) is 0 Å². The Labute approximate surface area is 154 Å². The molecule has 9 heteroatoms. The predicted molar refractivity (Wildman–Crippen MR) is 94.8 cm³/mol. The molecule has 2 amide bonds. The Morgan fingerprint density at radius 3 is 2.52 bits per heavy atom. The lowest BCUT2D eigenvalue weighted by atomic mass is 10.1. The Morgan fingerprint density at radius 2 is 1.88 bits per heavy atom. The Bertz CT molecular complexity index is 1010. The number of hydrogen-bond acceptors (Lipinski definition) is 4. The summed E-state index contributed by atoms with van der Waals surface area (Å²) in [5.74, 6) is -1.14. The van der Waals surface area contributed by atoms with Gasteiger partial charge in [0.15, 0.2) is 0 Å². The minimum Gasteiger partial charge on any atom is -0.321 e. The molecule has 0 spiro atoms. The third-order valence-electron chi connectivity index (χ3n) is 3.74. The minimum atomic E-state index is -3.93. The maximum atomic E-state index is 12.4. The van der Waals surface area contributed by atoms with Gasteiger partial charge in [-0.2, -0.15) is 0 Å². The molecule has 0 aliphatic carbocycles. The molecule has 6 nitrogen and oxygen atoms in total. The van der Waals surface area contributed by atoms with E-state index in [-0.39, 0.29) is 27.6 Å². The maximum absolute atomic E-state index is 12.4. The van der Waals surface area contributed by atoms with Crippen molar-refractivity contribution in [1.82, 2.24) is 4.31 Å². The summed E-state index contributed by atoms with van der Waals surface area (Å²) in [6.45, 7) is 1.59. The van der Waals surface area contributed by atoms with Crippen molar-refractivity contribution in [1.29, 1.82) is 0 Å². The van der Waals surface area contributed by atoms with Gasteiger partial charge in [0.1, 0.15) is 4.90 Å². The molecule has 130 valence electrons. The van der Waals surface area contributed by atoms with Gasteiger partial charge < -0.3 is 5.32 Å². The molecule has 25 heavy (non-hydrogen) atoms. The van der Waals surface area contributed by atoms with E-state index in [1.165, 1.54) is 30.3 Å². The van der Waals surface area contributed by atoms with Crippen LogP contribution in [0.15, 0.2) is 41.3 Å². The Balaban J connectivity index is 1.96. The van der Waals surface area contributed by atoms with E-state index < -0.39 is 21.8 Å². The van der Waals surface area contributed by atoms with Gasteiger partial charge in [-0.1, -0.05) is 23.2 Å². The molecule has 0 fully saturated rings. The summed E-state index contributed by atoms with van der Waals surface area (Å²) >= 11 is 11.8. The van der Waals surface area contributed by atoms with Gasteiger partial charge in [0, 0.05) is 17.1 Å². The molecule has 3 rings (SSSR count). The van der Waals surface area contributed by atoms with E-state index in [9.17, 15) is 18.0 Å².